The van der Waals surface area contributed by atoms with E-state index >= 15 is 0 Å². The number of methoxy groups -OCH3 is 1. The van der Waals surface area contributed by atoms with Crippen molar-refractivity contribution >= 4 is 17.5 Å². The number of carbonyl (C=O) groups is 1. The molecule has 0 saturated carbocycles. The first kappa shape index (κ1) is 16.3. The topological polar surface area (TPSA) is 38.8 Å². The van der Waals surface area contributed by atoms with Gasteiger partial charge in [-0.2, -0.15) is 0 Å². The van der Waals surface area contributed by atoms with E-state index in [0.29, 0.717) is 0 Å². The molecule has 0 aliphatic carbocycles. The minimum Gasteiger partial charge on any atom is -0.497 e. The van der Waals surface area contributed by atoms with Crippen molar-refractivity contribution in [3.63, 3.8) is 0 Å². The van der Waals surface area contributed by atoms with E-state index in [1.165, 1.54) is 5.69 Å². The third-order valence-corrected chi connectivity index (χ3v) is 4.19. The highest BCUT2D eigenvalue weighted by atomic mass is 16.5. The molecule has 3 rings (SSSR count). The third-order valence-electron chi connectivity index (χ3n) is 4.19. The Labute approximate surface area is 142 Å². The molecule has 1 aliphatic rings. The summed E-state index contributed by atoms with van der Waals surface area (Å²) in [6.07, 6.45) is 2.43. The number of rotatable bonds is 5. The van der Waals surface area contributed by atoms with E-state index in [-0.39, 0.29) is 0 Å². The summed E-state index contributed by atoms with van der Waals surface area (Å²) >= 11 is 0. The van der Waals surface area contributed by atoms with E-state index in [0.717, 1.165) is 55.0 Å². The van der Waals surface area contributed by atoms with Crippen LogP contribution in [0.2, 0.25) is 0 Å². The smallest absolute Gasteiger partial charge is 0.143 e. The molecular formula is C20H21NO3. The summed E-state index contributed by atoms with van der Waals surface area (Å²) in [5, 5.41) is 0. The van der Waals surface area contributed by atoms with E-state index in [9.17, 15) is 4.79 Å². The van der Waals surface area contributed by atoms with Crippen LogP contribution >= 0.6 is 0 Å². The number of morpholine rings is 1. The van der Waals surface area contributed by atoms with Gasteiger partial charge >= 0.3 is 0 Å². The predicted molar refractivity (Wildman–Crippen MR) is 95.6 cm³/mol. The molecule has 2 aromatic carbocycles. The van der Waals surface area contributed by atoms with Crippen LogP contribution in [0.15, 0.2) is 54.6 Å². The lowest BCUT2D eigenvalue weighted by molar-refractivity contribution is -0.104. The maximum Gasteiger partial charge on any atom is 0.143 e. The minimum absolute atomic E-state index is 0.768. The Kier molecular flexibility index (Phi) is 5.29. The van der Waals surface area contributed by atoms with E-state index in [1.807, 2.05) is 24.3 Å². The van der Waals surface area contributed by atoms with Gasteiger partial charge in [-0.1, -0.05) is 24.3 Å². The number of ether oxygens (including phenoxy) is 2. The lowest BCUT2D eigenvalue weighted by atomic mass is 9.97. The van der Waals surface area contributed by atoms with Crippen molar-refractivity contribution in [2.24, 2.45) is 0 Å². The van der Waals surface area contributed by atoms with Crippen molar-refractivity contribution in [1.82, 2.24) is 0 Å². The van der Waals surface area contributed by atoms with Gasteiger partial charge in [-0.25, -0.2) is 0 Å². The van der Waals surface area contributed by atoms with E-state index in [1.54, 1.807) is 13.2 Å². The van der Waals surface area contributed by atoms with Crippen molar-refractivity contribution in [2.45, 2.75) is 0 Å². The molecule has 0 N–H and O–H groups in total. The number of allylic oxidation sites excluding steroid dienone is 1. The standard InChI is InChI=1S/C20H21NO3/c1-23-19-8-4-17(5-9-19)20(10-13-22)16-2-6-18(7-3-16)21-11-14-24-15-12-21/h2-10,13H,11-12,14-15H2,1H3. The largest absolute Gasteiger partial charge is 0.497 e. The fourth-order valence-corrected chi connectivity index (χ4v) is 2.87. The monoisotopic (exact) mass is 323 g/mol. The van der Waals surface area contributed by atoms with Crippen LogP contribution in [-0.2, 0) is 9.53 Å². The number of aldehydes is 1. The van der Waals surface area contributed by atoms with Gasteiger partial charge in [0.15, 0.2) is 0 Å². The first-order valence-corrected chi connectivity index (χ1v) is 8.05. The van der Waals surface area contributed by atoms with Crippen molar-refractivity contribution in [2.75, 3.05) is 38.3 Å². The Morgan fingerprint density at radius 2 is 1.58 bits per heavy atom. The minimum atomic E-state index is 0.768. The van der Waals surface area contributed by atoms with Crippen molar-refractivity contribution in [1.29, 1.82) is 0 Å². The molecular weight excluding hydrogens is 302 g/mol. The summed E-state index contributed by atoms with van der Waals surface area (Å²) in [4.78, 5) is 13.4. The van der Waals surface area contributed by atoms with Crippen LogP contribution in [-0.4, -0.2) is 39.7 Å². The highest BCUT2D eigenvalue weighted by Gasteiger charge is 2.12. The fourth-order valence-electron chi connectivity index (χ4n) is 2.87. The van der Waals surface area contributed by atoms with Crippen molar-refractivity contribution in [3.8, 4) is 5.75 Å². The molecule has 1 fully saturated rings. The van der Waals surface area contributed by atoms with Gasteiger partial charge < -0.3 is 14.4 Å². The lowest BCUT2D eigenvalue weighted by Crippen LogP contribution is -2.36. The van der Waals surface area contributed by atoms with E-state index < -0.39 is 0 Å². The summed E-state index contributed by atoms with van der Waals surface area (Å²) in [7, 11) is 1.64. The Hall–Kier alpha value is -2.59. The van der Waals surface area contributed by atoms with Crippen LogP contribution in [0.4, 0.5) is 5.69 Å². The van der Waals surface area contributed by atoms with Crippen LogP contribution in [0.5, 0.6) is 5.75 Å². The summed E-state index contributed by atoms with van der Waals surface area (Å²) in [6.45, 7) is 3.36. The molecule has 0 atom stereocenters. The number of hydrogen-bond acceptors (Lipinski definition) is 4. The Balaban J connectivity index is 1.85. The van der Waals surface area contributed by atoms with Crippen LogP contribution < -0.4 is 9.64 Å². The summed E-state index contributed by atoms with van der Waals surface area (Å²) in [5.41, 5.74) is 4.09. The fraction of sp³-hybridized carbons (Fsp3) is 0.250. The Morgan fingerprint density at radius 3 is 2.12 bits per heavy atom. The maximum atomic E-state index is 11.1. The van der Waals surface area contributed by atoms with Crippen LogP contribution in [0, 0.1) is 0 Å². The Bertz CT molecular complexity index is 699. The molecule has 0 bridgehead atoms. The maximum absolute atomic E-state index is 11.1. The molecule has 124 valence electrons. The predicted octanol–water partition coefficient (Wildman–Crippen LogP) is 3.16. The highest BCUT2D eigenvalue weighted by molar-refractivity contribution is 5.90. The summed E-state index contributed by atoms with van der Waals surface area (Å²) in [5.74, 6) is 0.798. The van der Waals surface area contributed by atoms with Gasteiger partial charge in [-0.15, -0.1) is 0 Å². The van der Waals surface area contributed by atoms with Crippen molar-refractivity contribution < 1.29 is 14.3 Å². The average Bonchev–Trinajstić information content (AvgIpc) is 2.67. The van der Waals surface area contributed by atoms with Crippen LogP contribution in [0.25, 0.3) is 5.57 Å². The molecule has 4 heteroatoms. The molecule has 1 saturated heterocycles. The third kappa shape index (κ3) is 3.66. The van der Waals surface area contributed by atoms with Crippen LogP contribution in [0.1, 0.15) is 11.1 Å². The molecule has 0 aromatic heterocycles. The lowest BCUT2D eigenvalue weighted by Gasteiger charge is -2.29. The van der Waals surface area contributed by atoms with Gasteiger partial charge in [0.2, 0.25) is 0 Å². The zero-order chi connectivity index (χ0) is 16.8. The quantitative estimate of drug-likeness (QED) is 0.626. The zero-order valence-electron chi connectivity index (χ0n) is 13.8. The molecule has 24 heavy (non-hydrogen) atoms. The molecule has 4 nitrogen and oxygen atoms in total. The van der Waals surface area contributed by atoms with Gasteiger partial charge in [0, 0.05) is 18.8 Å². The number of benzene rings is 2. The molecule has 1 aliphatic heterocycles. The second-order valence-electron chi connectivity index (χ2n) is 5.59. The molecule has 0 radical (unpaired) electrons. The molecule has 0 unspecified atom stereocenters. The second kappa shape index (κ2) is 7.79. The van der Waals surface area contributed by atoms with Gasteiger partial charge in [0.05, 0.1) is 20.3 Å². The second-order valence-corrected chi connectivity index (χ2v) is 5.59. The zero-order valence-corrected chi connectivity index (χ0v) is 13.8. The van der Waals surface area contributed by atoms with Crippen LogP contribution in [0.3, 0.4) is 0 Å². The van der Waals surface area contributed by atoms with Gasteiger partial charge in [-0.3, -0.25) is 4.79 Å². The van der Waals surface area contributed by atoms with Gasteiger partial charge in [0.25, 0.3) is 0 Å². The summed E-state index contributed by atoms with van der Waals surface area (Å²) in [6, 6.07) is 16.0. The molecule has 1 heterocycles. The molecule has 0 amide bonds. The number of nitrogens with zero attached hydrogens (tertiary/aromatic N) is 1. The number of carbonyl (C=O) groups excluding carboxylic acids is 1. The van der Waals surface area contributed by atoms with Crippen molar-refractivity contribution in [3.05, 3.63) is 65.7 Å². The molecule has 2 aromatic rings. The first-order chi connectivity index (χ1) is 11.8. The number of hydrogen-bond donors (Lipinski definition) is 0. The molecule has 0 spiro atoms. The highest BCUT2D eigenvalue weighted by Crippen LogP contribution is 2.27. The average molecular weight is 323 g/mol. The first-order valence-electron chi connectivity index (χ1n) is 8.05. The van der Waals surface area contributed by atoms with Gasteiger partial charge in [-0.05, 0) is 47.0 Å². The SMILES string of the molecule is COc1ccc(C(=CC=O)c2ccc(N3CCOCC3)cc2)cc1. The summed E-state index contributed by atoms with van der Waals surface area (Å²) < 4.78 is 10.6. The number of anilines is 1. The van der Waals surface area contributed by atoms with E-state index in [2.05, 4.69) is 29.2 Å². The normalized spacial score (nSPS) is 15.2. The van der Waals surface area contributed by atoms with E-state index in [4.69, 9.17) is 9.47 Å². The van der Waals surface area contributed by atoms with Gasteiger partial charge in [0.1, 0.15) is 12.0 Å². The Morgan fingerprint density at radius 1 is 1.00 bits per heavy atom.